The van der Waals surface area contributed by atoms with Gasteiger partial charge in [0, 0.05) is 22.8 Å². The third-order valence-corrected chi connectivity index (χ3v) is 12.1. The van der Waals surface area contributed by atoms with Crippen LogP contribution in [0.4, 0.5) is 9.18 Å². The number of carbonyl (C=O) groups is 4. The summed E-state index contributed by atoms with van der Waals surface area (Å²) in [6.45, 7) is 6.06. The van der Waals surface area contributed by atoms with Gasteiger partial charge in [0.05, 0.1) is 32.5 Å². The van der Waals surface area contributed by atoms with Crippen LogP contribution in [0, 0.1) is 32.8 Å². The molecule has 1 unspecified atom stereocenters. The average Bonchev–Trinajstić information content (AvgIpc) is 3.54. The van der Waals surface area contributed by atoms with E-state index in [0.717, 1.165) is 0 Å². The standard InChI is InChI=1S/C39H46FNO14/c1-35(2)54-32-20-27-26-11-10-24-19-25(42)14-15-36(24,3)38(26,40)30(43)21-37(27,4)39(32,55-35)31(44)22-51-34(46)53-28-12-8-23(18-29(28)49-5)9-13-33(45)50-16-6-7-17-52-41(47)48/h8-9,12-15,18-19,26-27,30,32,43H,6-7,10-11,16-17,20-22H2,1-5H3/b13-9+/t26?,27-,30-,32+,36-,37-,38-,39+/m0/s1. The monoisotopic (exact) mass is 771 g/mol. The number of allylic oxidation sites excluding steroid dienone is 4. The quantitative estimate of drug-likeness (QED) is 0.0686. The molecule has 6 rings (SSSR count). The fourth-order valence-electron chi connectivity index (χ4n) is 9.76. The number of aliphatic hydroxyl groups excluding tert-OH is 1. The Balaban J connectivity index is 1.12. The third kappa shape index (κ3) is 6.92. The lowest BCUT2D eigenvalue weighted by Gasteiger charge is -2.62. The van der Waals surface area contributed by atoms with Crippen LogP contribution < -0.4 is 9.47 Å². The molecular weight excluding hydrogens is 725 g/mol. The molecule has 1 aromatic carbocycles. The summed E-state index contributed by atoms with van der Waals surface area (Å²) in [5.41, 5.74) is -4.99. The van der Waals surface area contributed by atoms with Crippen molar-refractivity contribution in [3.05, 3.63) is 63.8 Å². The predicted octanol–water partition coefficient (Wildman–Crippen LogP) is 5.20. The van der Waals surface area contributed by atoms with Crippen molar-refractivity contribution in [3.63, 3.8) is 0 Å². The number of hydrogen-bond acceptors (Lipinski definition) is 14. The van der Waals surface area contributed by atoms with Crippen molar-refractivity contribution < 1.29 is 67.0 Å². The summed E-state index contributed by atoms with van der Waals surface area (Å²) in [5.74, 6) is -3.74. The van der Waals surface area contributed by atoms with Crippen molar-refractivity contribution in [2.75, 3.05) is 26.9 Å². The van der Waals surface area contributed by atoms with Gasteiger partial charge in [-0.1, -0.05) is 24.6 Å². The Labute approximate surface area is 316 Å². The van der Waals surface area contributed by atoms with Crippen LogP contribution in [0.3, 0.4) is 0 Å². The largest absolute Gasteiger partial charge is 0.514 e. The zero-order valence-electron chi connectivity index (χ0n) is 31.4. The van der Waals surface area contributed by atoms with E-state index < -0.39 is 81.5 Å². The number of benzene rings is 1. The minimum absolute atomic E-state index is 0.0329. The van der Waals surface area contributed by atoms with E-state index in [1.165, 1.54) is 49.6 Å². The highest BCUT2D eigenvalue weighted by Crippen LogP contribution is 2.72. The number of esters is 1. The molecule has 5 aliphatic rings. The Kier molecular flexibility index (Phi) is 10.7. The van der Waals surface area contributed by atoms with Crippen molar-refractivity contribution in [1.29, 1.82) is 0 Å². The zero-order valence-corrected chi connectivity index (χ0v) is 31.4. The number of ketones is 2. The Hall–Kier alpha value is -4.67. The van der Waals surface area contributed by atoms with Gasteiger partial charge in [0.15, 0.2) is 40.9 Å². The second-order valence-corrected chi connectivity index (χ2v) is 15.6. The topological polar surface area (TPSA) is 196 Å². The van der Waals surface area contributed by atoms with Gasteiger partial charge >= 0.3 is 12.1 Å². The SMILES string of the molecule is COc1cc(/C=C/C(=O)OCCCCO[N+](=O)[O-])ccc1OC(=O)OCC(=O)[C@@]12OC(C)(C)O[C@@H]1C[C@H]1C3CCC4=CC(=O)C=C[C@]4(C)[C@@]3(F)[C@@H](O)C[C@@]12C. The summed E-state index contributed by atoms with van der Waals surface area (Å²) in [6.07, 6.45) is 5.11. The van der Waals surface area contributed by atoms with Crippen LogP contribution in [0.1, 0.15) is 71.8 Å². The Morgan fingerprint density at radius 1 is 1.09 bits per heavy atom. The highest BCUT2D eigenvalue weighted by molar-refractivity contribution is 6.01. The number of alkyl halides is 1. The number of fused-ring (bicyclic) bond motifs is 7. The number of halogens is 1. The summed E-state index contributed by atoms with van der Waals surface area (Å²) in [4.78, 5) is 66.0. The molecule has 298 valence electrons. The van der Waals surface area contributed by atoms with Crippen LogP contribution >= 0.6 is 0 Å². The second kappa shape index (κ2) is 14.8. The molecule has 0 radical (unpaired) electrons. The average molecular weight is 772 g/mol. The Morgan fingerprint density at radius 2 is 1.84 bits per heavy atom. The van der Waals surface area contributed by atoms with Crippen molar-refractivity contribution in [2.45, 2.75) is 95.5 Å². The molecule has 55 heavy (non-hydrogen) atoms. The summed E-state index contributed by atoms with van der Waals surface area (Å²) in [7, 11) is 1.34. The smallest absolute Gasteiger partial charge is 0.493 e. The van der Waals surface area contributed by atoms with E-state index in [1.807, 2.05) is 6.92 Å². The lowest BCUT2D eigenvalue weighted by atomic mass is 9.44. The molecule has 1 N–H and O–H groups in total. The molecule has 1 aliphatic heterocycles. The van der Waals surface area contributed by atoms with Crippen molar-refractivity contribution >= 4 is 29.8 Å². The normalized spacial score (nSPS) is 34.1. The molecule has 15 nitrogen and oxygen atoms in total. The number of methoxy groups -OCH3 is 1. The Morgan fingerprint density at radius 3 is 2.56 bits per heavy atom. The molecule has 0 spiro atoms. The molecule has 0 bridgehead atoms. The number of nitrogens with zero attached hydrogens (tertiary/aromatic N) is 1. The number of rotatable bonds is 13. The Bertz CT molecular complexity index is 1840. The molecular formula is C39H46FNO14. The summed E-state index contributed by atoms with van der Waals surface area (Å²) < 4.78 is 51.6. The van der Waals surface area contributed by atoms with Gasteiger partial charge in [-0.15, -0.1) is 10.1 Å². The lowest BCUT2D eigenvalue weighted by molar-refractivity contribution is -0.757. The van der Waals surface area contributed by atoms with Crippen LogP contribution in [0.25, 0.3) is 6.08 Å². The van der Waals surface area contributed by atoms with Crippen molar-refractivity contribution in [1.82, 2.24) is 0 Å². The zero-order chi connectivity index (χ0) is 40.0. The molecule has 0 amide bonds. The molecule has 1 aromatic rings. The van der Waals surface area contributed by atoms with Crippen LogP contribution in [0.5, 0.6) is 11.5 Å². The number of ether oxygens (including phenoxy) is 6. The summed E-state index contributed by atoms with van der Waals surface area (Å²) >= 11 is 0. The van der Waals surface area contributed by atoms with E-state index in [-0.39, 0.29) is 43.3 Å². The number of carbonyl (C=O) groups excluding carboxylic acids is 4. The van der Waals surface area contributed by atoms with Gasteiger partial charge in [-0.2, -0.15) is 0 Å². The van der Waals surface area contributed by atoms with E-state index in [2.05, 4.69) is 4.84 Å². The van der Waals surface area contributed by atoms with E-state index in [1.54, 1.807) is 26.8 Å². The number of hydrogen-bond donors (Lipinski definition) is 1. The van der Waals surface area contributed by atoms with Crippen molar-refractivity contribution in [2.24, 2.45) is 22.7 Å². The fourth-order valence-corrected chi connectivity index (χ4v) is 9.76. The van der Waals surface area contributed by atoms with E-state index in [0.29, 0.717) is 36.8 Å². The van der Waals surface area contributed by atoms with Gasteiger partial charge in [0.2, 0.25) is 5.78 Å². The first-order chi connectivity index (χ1) is 25.9. The summed E-state index contributed by atoms with van der Waals surface area (Å²) in [6, 6.07) is 4.44. The lowest BCUT2D eigenvalue weighted by Crippen LogP contribution is -2.70. The molecule has 0 aromatic heterocycles. The molecule has 4 aliphatic carbocycles. The molecule has 1 saturated heterocycles. The maximum Gasteiger partial charge on any atom is 0.514 e. The fraction of sp³-hybridized carbons (Fsp3) is 0.590. The van der Waals surface area contributed by atoms with Crippen LogP contribution in [0.2, 0.25) is 0 Å². The molecule has 4 fully saturated rings. The predicted molar refractivity (Wildman–Crippen MR) is 189 cm³/mol. The van der Waals surface area contributed by atoms with E-state index in [4.69, 9.17) is 28.4 Å². The first kappa shape index (κ1) is 40.0. The van der Waals surface area contributed by atoms with Gasteiger partial charge in [-0.25, -0.2) is 14.0 Å². The van der Waals surface area contributed by atoms with Crippen LogP contribution in [-0.2, 0) is 38.2 Å². The number of aliphatic hydroxyl groups is 1. The highest BCUT2D eigenvalue weighted by Gasteiger charge is 2.80. The minimum atomic E-state index is -2.12. The van der Waals surface area contributed by atoms with Crippen LogP contribution in [-0.4, -0.2) is 90.1 Å². The van der Waals surface area contributed by atoms with Gasteiger partial charge in [-0.05, 0) is 101 Å². The third-order valence-electron chi connectivity index (χ3n) is 12.1. The van der Waals surface area contributed by atoms with Gasteiger partial charge in [0.25, 0.3) is 5.09 Å². The summed E-state index contributed by atoms with van der Waals surface area (Å²) in [5, 5.41) is 21.1. The molecule has 16 heteroatoms. The van der Waals surface area contributed by atoms with Gasteiger partial charge < -0.3 is 38.4 Å². The molecule has 8 atom stereocenters. The van der Waals surface area contributed by atoms with E-state index >= 15 is 4.39 Å². The molecule has 3 saturated carbocycles. The maximum absolute atomic E-state index is 17.7. The maximum atomic E-state index is 17.7. The van der Waals surface area contributed by atoms with Crippen LogP contribution in [0.15, 0.2) is 48.1 Å². The first-order valence-electron chi connectivity index (χ1n) is 18.3. The number of unbranched alkanes of at least 4 members (excludes halogenated alkanes) is 1. The first-order valence-corrected chi connectivity index (χ1v) is 18.3. The minimum Gasteiger partial charge on any atom is -0.493 e. The number of Topliss-reactive ketones (excluding diaryl/α,β-unsaturated/α-hetero) is 1. The van der Waals surface area contributed by atoms with Crippen molar-refractivity contribution in [3.8, 4) is 11.5 Å². The van der Waals surface area contributed by atoms with E-state index in [9.17, 15) is 34.4 Å². The van der Waals surface area contributed by atoms with Gasteiger partial charge in [0.1, 0.15) is 0 Å². The van der Waals surface area contributed by atoms with Gasteiger partial charge in [-0.3, -0.25) is 9.59 Å². The molecule has 1 heterocycles. The second-order valence-electron chi connectivity index (χ2n) is 15.6. The highest BCUT2D eigenvalue weighted by atomic mass is 19.1.